The third-order valence-electron chi connectivity index (χ3n) is 5.44. The van der Waals surface area contributed by atoms with Crippen LogP contribution in [0.15, 0.2) is 29.3 Å². The van der Waals surface area contributed by atoms with Crippen LogP contribution in [-0.2, 0) is 13.1 Å². The molecular formula is C22H38N4O. The van der Waals surface area contributed by atoms with Crippen molar-refractivity contribution in [2.45, 2.75) is 58.5 Å². The van der Waals surface area contributed by atoms with Gasteiger partial charge >= 0.3 is 0 Å². The summed E-state index contributed by atoms with van der Waals surface area (Å²) in [4.78, 5) is 6.98. The van der Waals surface area contributed by atoms with E-state index in [1.54, 1.807) is 0 Å². The van der Waals surface area contributed by atoms with Crippen LogP contribution in [0.5, 0.6) is 0 Å². The lowest BCUT2D eigenvalue weighted by atomic mass is 9.72. The number of rotatable bonds is 9. The number of nitrogens with zero attached hydrogens (tertiary/aromatic N) is 2. The van der Waals surface area contributed by atoms with E-state index in [-0.39, 0.29) is 12.0 Å². The average molecular weight is 375 g/mol. The van der Waals surface area contributed by atoms with E-state index in [0.29, 0.717) is 6.54 Å². The van der Waals surface area contributed by atoms with Gasteiger partial charge in [-0.1, -0.05) is 43.5 Å². The summed E-state index contributed by atoms with van der Waals surface area (Å²) in [6.07, 6.45) is 7.15. The van der Waals surface area contributed by atoms with Crippen LogP contribution in [0, 0.1) is 5.41 Å². The van der Waals surface area contributed by atoms with Crippen molar-refractivity contribution in [1.29, 1.82) is 0 Å². The van der Waals surface area contributed by atoms with Gasteiger partial charge in [0, 0.05) is 26.2 Å². The van der Waals surface area contributed by atoms with Gasteiger partial charge in [0.2, 0.25) is 0 Å². The fourth-order valence-corrected chi connectivity index (χ4v) is 4.03. The zero-order valence-corrected chi connectivity index (χ0v) is 17.4. The van der Waals surface area contributed by atoms with Crippen LogP contribution >= 0.6 is 0 Å². The van der Waals surface area contributed by atoms with Crippen LogP contribution in [0.4, 0.5) is 0 Å². The molecule has 1 aromatic carbocycles. The molecule has 5 heteroatoms. The molecule has 27 heavy (non-hydrogen) atoms. The second-order valence-corrected chi connectivity index (χ2v) is 8.14. The molecule has 0 atom stereocenters. The van der Waals surface area contributed by atoms with E-state index >= 15 is 0 Å². The molecule has 0 unspecified atom stereocenters. The molecule has 1 fully saturated rings. The molecule has 1 aromatic rings. The Bertz CT molecular complexity index is 574. The van der Waals surface area contributed by atoms with Crippen molar-refractivity contribution in [2.24, 2.45) is 10.4 Å². The summed E-state index contributed by atoms with van der Waals surface area (Å²) >= 11 is 0. The summed E-state index contributed by atoms with van der Waals surface area (Å²) in [6.45, 7) is 5.72. The highest BCUT2D eigenvalue weighted by Crippen LogP contribution is 2.38. The zero-order chi connectivity index (χ0) is 19.5. The van der Waals surface area contributed by atoms with Crippen molar-refractivity contribution in [1.82, 2.24) is 15.5 Å². The predicted octanol–water partition coefficient (Wildman–Crippen LogP) is 3.14. The van der Waals surface area contributed by atoms with Crippen molar-refractivity contribution in [3.63, 3.8) is 0 Å². The smallest absolute Gasteiger partial charge is 0.191 e. The first kappa shape index (κ1) is 21.7. The highest BCUT2D eigenvalue weighted by molar-refractivity contribution is 5.79. The minimum absolute atomic E-state index is 0.217. The number of aliphatic hydroxyl groups is 1. The molecule has 0 radical (unpaired) electrons. The van der Waals surface area contributed by atoms with E-state index in [1.165, 1.54) is 43.2 Å². The molecule has 1 saturated carbocycles. The van der Waals surface area contributed by atoms with E-state index in [9.17, 15) is 5.11 Å². The molecule has 3 N–H and O–H groups in total. The Morgan fingerprint density at radius 2 is 1.89 bits per heavy atom. The maximum Gasteiger partial charge on any atom is 0.191 e. The van der Waals surface area contributed by atoms with Gasteiger partial charge in [0.25, 0.3) is 0 Å². The highest BCUT2D eigenvalue weighted by atomic mass is 16.3. The Balaban J connectivity index is 1.99. The first-order valence-electron chi connectivity index (χ1n) is 10.4. The lowest BCUT2D eigenvalue weighted by Crippen LogP contribution is -2.44. The van der Waals surface area contributed by atoms with Crippen LogP contribution < -0.4 is 10.6 Å². The number of aliphatic imine (C=N–C) groups is 1. The van der Waals surface area contributed by atoms with Gasteiger partial charge in [-0.3, -0.25) is 0 Å². The SMILES string of the molecule is CCNC(=NCc1cccc(CN(C)C)c1)NCC1(CCO)CCCCC1. The molecule has 5 nitrogen and oxygen atoms in total. The molecule has 0 bridgehead atoms. The van der Waals surface area contributed by atoms with Gasteiger partial charge in [-0.05, 0) is 56.8 Å². The van der Waals surface area contributed by atoms with E-state index in [0.717, 1.165) is 32.0 Å². The summed E-state index contributed by atoms with van der Waals surface area (Å²) in [7, 11) is 4.18. The minimum atomic E-state index is 0.217. The number of benzene rings is 1. The van der Waals surface area contributed by atoms with E-state index in [2.05, 4.69) is 60.8 Å². The first-order chi connectivity index (χ1) is 13.1. The standard InChI is InChI=1S/C22H38N4O/c1-4-23-21(25-18-22(13-14-27)11-6-5-7-12-22)24-16-19-9-8-10-20(15-19)17-26(2)3/h8-10,15,27H,4-7,11-14,16-18H2,1-3H3,(H2,23,24,25). The summed E-state index contributed by atoms with van der Waals surface area (Å²) in [5.41, 5.74) is 2.76. The Kier molecular flexibility index (Phi) is 9.08. The maximum absolute atomic E-state index is 9.52. The van der Waals surface area contributed by atoms with Gasteiger partial charge < -0.3 is 20.6 Å². The maximum atomic E-state index is 9.52. The summed E-state index contributed by atoms with van der Waals surface area (Å²) in [6, 6.07) is 8.66. The van der Waals surface area contributed by atoms with Gasteiger partial charge in [-0.2, -0.15) is 0 Å². The van der Waals surface area contributed by atoms with Gasteiger partial charge in [-0.25, -0.2) is 4.99 Å². The first-order valence-corrected chi connectivity index (χ1v) is 10.4. The molecule has 0 saturated heterocycles. The van der Waals surface area contributed by atoms with Crippen molar-refractivity contribution in [3.8, 4) is 0 Å². The topological polar surface area (TPSA) is 59.9 Å². The quantitative estimate of drug-likeness (QED) is 0.459. The summed E-state index contributed by atoms with van der Waals surface area (Å²) < 4.78 is 0. The number of guanidine groups is 1. The lowest BCUT2D eigenvalue weighted by Gasteiger charge is -2.37. The van der Waals surface area contributed by atoms with Gasteiger partial charge in [-0.15, -0.1) is 0 Å². The molecule has 2 rings (SSSR count). The Hall–Kier alpha value is -1.59. The Labute approximate surface area is 165 Å². The van der Waals surface area contributed by atoms with Crippen LogP contribution in [0.3, 0.4) is 0 Å². The Morgan fingerprint density at radius 1 is 1.15 bits per heavy atom. The molecule has 1 aliphatic rings. The van der Waals surface area contributed by atoms with Crippen LogP contribution in [0.1, 0.15) is 56.6 Å². The number of hydrogen-bond donors (Lipinski definition) is 3. The normalized spacial score (nSPS) is 17.1. The summed E-state index contributed by atoms with van der Waals surface area (Å²) in [5.74, 6) is 0.874. The largest absolute Gasteiger partial charge is 0.396 e. The fraction of sp³-hybridized carbons (Fsp3) is 0.682. The molecule has 0 heterocycles. The van der Waals surface area contributed by atoms with Crippen LogP contribution in [0.2, 0.25) is 0 Å². The van der Waals surface area contributed by atoms with Gasteiger partial charge in [0.15, 0.2) is 5.96 Å². The average Bonchev–Trinajstić information content (AvgIpc) is 2.65. The second-order valence-electron chi connectivity index (χ2n) is 8.14. The molecule has 0 spiro atoms. The predicted molar refractivity (Wildman–Crippen MR) is 114 cm³/mol. The van der Waals surface area contributed by atoms with Crippen molar-refractivity contribution in [2.75, 3.05) is 33.8 Å². The minimum Gasteiger partial charge on any atom is -0.396 e. The molecule has 0 aromatic heterocycles. The van der Waals surface area contributed by atoms with E-state index in [4.69, 9.17) is 4.99 Å². The molecule has 1 aliphatic carbocycles. The third kappa shape index (κ3) is 7.51. The second kappa shape index (κ2) is 11.3. The fourth-order valence-electron chi connectivity index (χ4n) is 4.03. The zero-order valence-electron chi connectivity index (χ0n) is 17.4. The van der Waals surface area contributed by atoms with Crippen molar-refractivity contribution >= 4 is 5.96 Å². The van der Waals surface area contributed by atoms with Crippen molar-refractivity contribution in [3.05, 3.63) is 35.4 Å². The lowest BCUT2D eigenvalue weighted by molar-refractivity contribution is 0.131. The monoisotopic (exact) mass is 374 g/mol. The Morgan fingerprint density at radius 3 is 2.56 bits per heavy atom. The van der Waals surface area contributed by atoms with Crippen molar-refractivity contribution < 1.29 is 5.11 Å². The number of aliphatic hydroxyl groups excluding tert-OH is 1. The number of hydrogen-bond acceptors (Lipinski definition) is 3. The number of nitrogens with one attached hydrogen (secondary N) is 2. The van der Waals surface area contributed by atoms with E-state index < -0.39 is 0 Å². The molecular weight excluding hydrogens is 336 g/mol. The van der Waals surface area contributed by atoms with Gasteiger partial charge in [0.1, 0.15) is 0 Å². The van der Waals surface area contributed by atoms with Crippen LogP contribution in [-0.4, -0.2) is 49.8 Å². The van der Waals surface area contributed by atoms with Crippen LogP contribution in [0.25, 0.3) is 0 Å². The third-order valence-corrected chi connectivity index (χ3v) is 5.44. The molecule has 0 aliphatic heterocycles. The summed E-state index contributed by atoms with van der Waals surface area (Å²) in [5, 5.41) is 16.4. The molecule has 152 valence electrons. The van der Waals surface area contributed by atoms with Gasteiger partial charge in [0.05, 0.1) is 6.54 Å². The highest BCUT2D eigenvalue weighted by Gasteiger charge is 2.31. The molecule has 0 amide bonds. The van der Waals surface area contributed by atoms with E-state index in [1.807, 2.05) is 0 Å².